The Morgan fingerprint density at radius 3 is 2.50 bits per heavy atom. The van der Waals surface area contributed by atoms with Crippen molar-refractivity contribution < 1.29 is 9.90 Å². The minimum Gasteiger partial charge on any atom is -0.507 e. The molecule has 1 aromatic heterocycles. The van der Waals surface area contributed by atoms with Crippen molar-refractivity contribution in [2.75, 3.05) is 37.6 Å². The summed E-state index contributed by atoms with van der Waals surface area (Å²) >= 11 is 0. The lowest BCUT2D eigenvalue weighted by atomic mass is 10.0. The van der Waals surface area contributed by atoms with E-state index in [0.717, 1.165) is 50.4 Å². The predicted octanol–water partition coefficient (Wildman–Crippen LogP) is 2.79. The molecular weight excluding hydrogens is 425 g/mol. The van der Waals surface area contributed by atoms with Gasteiger partial charge >= 0.3 is 0 Å². The maximum atomic E-state index is 12.7. The quantitative estimate of drug-likeness (QED) is 0.743. The first-order chi connectivity index (χ1) is 13.6. The summed E-state index contributed by atoms with van der Waals surface area (Å²) in [6, 6.07) is 9.06. The number of phenolic OH excluding ortho intramolecular Hbond substituents is 1. The van der Waals surface area contributed by atoms with Gasteiger partial charge < -0.3 is 20.2 Å². The molecule has 30 heavy (non-hydrogen) atoms. The topological polar surface area (TPSA) is 81.6 Å². The zero-order valence-corrected chi connectivity index (χ0v) is 18.7. The molecule has 9 heteroatoms. The predicted molar refractivity (Wildman–Crippen MR) is 123 cm³/mol. The number of aryl methyl sites for hydroxylation is 1. The number of piperazine rings is 1. The van der Waals surface area contributed by atoms with Gasteiger partial charge in [-0.15, -0.1) is 24.8 Å². The van der Waals surface area contributed by atoms with Gasteiger partial charge in [-0.2, -0.15) is 0 Å². The van der Waals surface area contributed by atoms with Crippen molar-refractivity contribution >= 4 is 36.5 Å². The molecule has 2 N–H and O–H groups in total. The summed E-state index contributed by atoms with van der Waals surface area (Å²) in [5.74, 6) is 1.77. The molecule has 4 rings (SSSR count). The Balaban J connectivity index is 0.00000160. The van der Waals surface area contributed by atoms with Crippen LogP contribution in [0.4, 0.5) is 5.82 Å². The van der Waals surface area contributed by atoms with Gasteiger partial charge in [0.1, 0.15) is 11.6 Å². The Morgan fingerprint density at radius 1 is 1.10 bits per heavy atom. The average Bonchev–Trinajstić information content (AvgIpc) is 2.74. The van der Waals surface area contributed by atoms with Gasteiger partial charge in [-0.05, 0) is 38.4 Å². The van der Waals surface area contributed by atoms with E-state index in [0.29, 0.717) is 24.5 Å². The Bertz CT molecular complexity index is 853. The number of aromatic hydroxyl groups is 1. The number of phenols is 1. The number of anilines is 1. The summed E-state index contributed by atoms with van der Waals surface area (Å²) in [5.41, 5.74) is 1.48. The maximum Gasteiger partial charge on any atom is 0.239 e. The Hall–Kier alpha value is -2.09. The van der Waals surface area contributed by atoms with E-state index in [-0.39, 0.29) is 42.5 Å². The van der Waals surface area contributed by atoms with Gasteiger partial charge in [-0.3, -0.25) is 4.79 Å². The molecule has 2 aromatic rings. The number of rotatable bonds is 3. The molecule has 0 spiro atoms. The number of hydrogen-bond donors (Lipinski definition) is 2. The smallest absolute Gasteiger partial charge is 0.239 e. The van der Waals surface area contributed by atoms with E-state index in [1.54, 1.807) is 12.1 Å². The zero-order chi connectivity index (χ0) is 19.5. The summed E-state index contributed by atoms with van der Waals surface area (Å²) in [6.07, 6.45) is 3.22. The second kappa shape index (κ2) is 10.8. The SMILES string of the molecule is Cc1cc(N2CCN(C(=O)[C@@H]3CCCCN3)CC2)nc(-c2ccccc2O)n1.Cl.Cl. The highest BCUT2D eigenvalue weighted by atomic mass is 35.5. The van der Waals surface area contributed by atoms with Crippen molar-refractivity contribution in [3.05, 3.63) is 36.0 Å². The number of halogens is 2. The van der Waals surface area contributed by atoms with Crippen molar-refractivity contribution in [2.45, 2.75) is 32.2 Å². The van der Waals surface area contributed by atoms with E-state index in [1.165, 1.54) is 0 Å². The van der Waals surface area contributed by atoms with Gasteiger partial charge in [-0.1, -0.05) is 18.6 Å². The number of benzene rings is 1. The van der Waals surface area contributed by atoms with Crippen molar-refractivity contribution in [3.8, 4) is 17.1 Å². The minimum absolute atomic E-state index is 0. The first-order valence-electron chi connectivity index (χ1n) is 10.0. The zero-order valence-electron chi connectivity index (χ0n) is 17.1. The summed E-state index contributed by atoms with van der Waals surface area (Å²) in [6.45, 7) is 5.76. The third-order valence-electron chi connectivity index (χ3n) is 5.51. The second-order valence-electron chi connectivity index (χ2n) is 7.52. The van der Waals surface area contributed by atoms with Crippen LogP contribution in [-0.4, -0.2) is 64.6 Å². The van der Waals surface area contributed by atoms with Crippen LogP contribution in [0.3, 0.4) is 0 Å². The molecule has 164 valence electrons. The lowest BCUT2D eigenvalue weighted by molar-refractivity contribution is -0.134. The van der Waals surface area contributed by atoms with E-state index in [2.05, 4.69) is 20.2 Å². The lowest BCUT2D eigenvalue weighted by Gasteiger charge is -2.38. The van der Waals surface area contributed by atoms with Crippen LogP contribution in [0.25, 0.3) is 11.4 Å². The standard InChI is InChI=1S/C21H27N5O2.2ClH/c1-15-14-19(24-20(23-15)16-6-2-3-8-18(16)27)25-10-12-26(13-11-25)21(28)17-7-4-5-9-22-17;;/h2-3,6,8,14,17,22,27H,4-5,7,9-13H2,1H3;2*1H/t17-;;/m0../s1. The molecule has 0 saturated carbocycles. The minimum atomic E-state index is -0.0192. The van der Waals surface area contributed by atoms with Crippen LogP contribution >= 0.6 is 24.8 Å². The van der Waals surface area contributed by atoms with Crippen LogP contribution in [0.2, 0.25) is 0 Å². The number of nitrogens with zero attached hydrogens (tertiary/aromatic N) is 4. The summed E-state index contributed by atoms with van der Waals surface area (Å²) in [7, 11) is 0. The van der Waals surface area contributed by atoms with Crippen LogP contribution in [-0.2, 0) is 4.79 Å². The number of aromatic nitrogens is 2. The van der Waals surface area contributed by atoms with Gasteiger partial charge in [0.25, 0.3) is 0 Å². The van der Waals surface area contributed by atoms with Gasteiger partial charge in [0.05, 0.1) is 11.6 Å². The lowest BCUT2D eigenvalue weighted by Crippen LogP contribution is -2.55. The summed E-state index contributed by atoms with van der Waals surface area (Å²) in [5, 5.41) is 13.5. The number of hydrogen-bond acceptors (Lipinski definition) is 6. The number of carbonyl (C=O) groups is 1. The van der Waals surface area contributed by atoms with E-state index in [9.17, 15) is 9.90 Å². The van der Waals surface area contributed by atoms with Gasteiger partial charge in [-0.25, -0.2) is 9.97 Å². The first-order valence-corrected chi connectivity index (χ1v) is 10.0. The van der Waals surface area contributed by atoms with E-state index >= 15 is 0 Å². The number of carbonyl (C=O) groups excluding carboxylic acids is 1. The molecule has 0 bridgehead atoms. The normalized spacial score (nSPS) is 18.9. The highest BCUT2D eigenvalue weighted by Crippen LogP contribution is 2.28. The molecule has 1 amide bonds. The van der Waals surface area contributed by atoms with Crippen molar-refractivity contribution in [1.29, 1.82) is 0 Å². The van der Waals surface area contributed by atoms with E-state index < -0.39 is 0 Å². The number of piperidine rings is 1. The Kier molecular flexibility index (Phi) is 8.70. The molecule has 2 fully saturated rings. The van der Waals surface area contributed by atoms with Crippen LogP contribution in [0, 0.1) is 6.92 Å². The maximum absolute atomic E-state index is 12.7. The molecule has 7 nitrogen and oxygen atoms in total. The van der Waals surface area contributed by atoms with Crippen LogP contribution in [0.1, 0.15) is 25.0 Å². The first kappa shape index (κ1) is 24.2. The Morgan fingerprint density at radius 2 is 1.83 bits per heavy atom. The molecule has 0 unspecified atom stereocenters. The monoisotopic (exact) mass is 453 g/mol. The van der Waals surface area contributed by atoms with Crippen molar-refractivity contribution in [1.82, 2.24) is 20.2 Å². The third kappa shape index (κ3) is 5.33. The van der Waals surface area contributed by atoms with Crippen LogP contribution in [0.15, 0.2) is 30.3 Å². The second-order valence-corrected chi connectivity index (χ2v) is 7.52. The van der Waals surface area contributed by atoms with E-state index in [1.807, 2.05) is 30.0 Å². The van der Waals surface area contributed by atoms with Crippen molar-refractivity contribution in [3.63, 3.8) is 0 Å². The third-order valence-corrected chi connectivity index (χ3v) is 5.51. The van der Waals surface area contributed by atoms with Crippen molar-refractivity contribution in [2.24, 2.45) is 0 Å². The largest absolute Gasteiger partial charge is 0.507 e. The molecule has 2 aliphatic rings. The number of amides is 1. The van der Waals surface area contributed by atoms with Crippen LogP contribution in [0.5, 0.6) is 5.75 Å². The highest BCUT2D eigenvalue weighted by Gasteiger charge is 2.28. The molecule has 3 heterocycles. The fourth-order valence-corrected chi connectivity index (χ4v) is 3.94. The number of para-hydroxylation sites is 1. The van der Waals surface area contributed by atoms with Gasteiger partial charge in [0.2, 0.25) is 5.91 Å². The average molecular weight is 454 g/mol. The van der Waals surface area contributed by atoms with Gasteiger partial charge in [0.15, 0.2) is 5.82 Å². The Labute approximate surface area is 189 Å². The fraction of sp³-hybridized carbons (Fsp3) is 0.476. The highest BCUT2D eigenvalue weighted by molar-refractivity contribution is 5.85. The molecule has 0 aliphatic carbocycles. The molecule has 1 aromatic carbocycles. The van der Waals surface area contributed by atoms with Crippen LogP contribution < -0.4 is 10.2 Å². The molecular formula is C21H29Cl2N5O2. The van der Waals surface area contributed by atoms with Gasteiger partial charge in [0, 0.05) is 37.9 Å². The molecule has 2 aliphatic heterocycles. The summed E-state index contributed by atoms with van der Waals surface area (Å²) in [4.78, 5) is 26.1. The van der Waals surface area contributed by atoms with E-state index in [4.69, 9.17) is 0 Å². The number of nitrogens with one attached hydrogen (secondary N) is 1. The summed E-state index contributed by atoms with van der Waals surface area (Å²) < 4.78 is 0. The molecule has 2 saturated heterocycles. The fourth-order valence-electron chi connectivity index (χ4n) is 3.94. The molecule has 0 radical (unpaired) electrons. The molecule has 1 atom stereocenters.